The molecule has 0 aliphatic rings. The van der Waals surface area contributed by atoms with Crippen LogP contribution in [0.4, 0.5) is 0 Å². The summed E-state index contributed by atoms with van der Waals surface area (Å²) in [7, 11) is 2.02. The normalized spacial score (nSPS) is 12.7. The maximum atomic E-state index is 6.00. The number of thiophene rings is 1. The van der Waals surface area contributed by atoms with E-state index in [1.54, 1.807) is 17.4 Å². The molecular weight excluding hydrogens is 353 g/mol. The quantitative estimate of drug-likeness (QED) is 0.613. The second-order valence-electron chi connectivity index (χ2n) is 5.25. The van der Waals surface area contributed by atoms with E-state index in [0.717, 1.165) is 16.4 Å². The number of benzene rings is 1. The van der Waals surface area contributed by atoms with Gasteiger partial charge in [0.15, 0.2) is 0 Å². The van der Waals surface area contributed by atoms with Gasteiger partial charge in [0.05, 0.1) is 10.4 Å². The van der Waals surface area contributed by atoms with Crippen molar-refractivity contribution >= 4 is 34.5 Å². The zero-order valence-corrected chi connectivity index (χ0v) is 15.0. The van der Waals surface area contributed by atoms with Crippen LogP contribution in [-0.2, 0) is 6.54 Å². The average Bonchev–Trinajstić information content (AvgIpc) is 3.16. The second kappa shape index (κ2) is 7.01. The van der Waals surface area contributed by atoms with E-state index in [1.807, 2.05) is 44.3 Å². The lowest BCUT2D eigenvalue weighted by Gasteiger charge is -2.20. The Labute approximate surface area is 148 Å². The Kier molecular flexibility index (Phi) is 5.02. The van der Waals surface area contributed by atoms with Crippen molar-refractivity contribution in [1.82, 2.24) is 15.1 Å². The molecule has 0 aliphatic heterocycles. The average molecular weight is 368 g/mol. The van der Waals surface area contributed by atoms with Gasteiger partial charge in [0.2, 0.25) is 11.8 Å². The Morgan fingerprint density at radius 1 is 1.22 bits per heavy atom. The van der Waals surface area contributed by atoms with Crippen LogP contribution in [0, 0.1) is 0 Å². The fourth-order valence-electron chi connectivity index (χ4n) is 2.15. The molecule has 0 spiro atoms. The molecule has 2 aromatic heterocycles. The predicted octanol–water partition coefficient (Wildman–Crippen LogP) is 5.30. The number of hydrogen-bond acceptors (Lipinski definition) is 5. The minimum absolute atomic E-state index is 0.00342. The molecule has 0 fully saturated rings. The second-order valence-corrected chi connectivity index (χ2v) is 7.49. The summed E-state index contributed by atoms with van der Waals surface area (Å²) in [6, 6.07) is 11.3. The van der Waals surface area contributed by atoms with Crippen LogP contribution in [0.2, 0.25) is 9.36 Å². The molecule has 3 rings (SSSR count). The van der Waals surface area contributed by atoms with Crippen LogP contribution in [0.3, 0.4) is 0 Å². The van der Waals surface area contributed by atoms with Gasteiger partial charge in [-0.15, -0.1) is 21.5 Å². The van der Waals surface area contributed by atoms with Crippen molar-refractivity contribution in [2.45, 2.75) is 19.5 Å². The number of nitrogens with zero attached hydrogens (tertiary/aromatic N) is 3. The summed E-state index contributed by atoms with van der Waals surface area (Å²) in [4.78, 5) is 3.33. The molecule has 1 aromatic carbocycles. The van der Waals surface area contributed by atoms with Gasteiger partial charge in [-0.05, 0) is 44.3 Å². The number of halogens is 2. The minimum Gasteiger partial charge on any atom is -0.419 e. The lowest BCUT2D eigenvalue weighted by molar-refractivity contribution is 0.219. The van der Waals surface area contributed by atoms with E-state index in [-0.39, 0.29) is 6.04 Å². The molecule has 4 nitrogen and oxygen atoms in total. The molecule has 0 bridgehead atoms. The zero-order chi connectivity index (χ0) is 16.4. The Hall–Kier alpha value is -1.40. The Morgan fingerprint density at radius 3 is 2.74 bits per heavy atom. The SMILES string of the molecule is CC(c1nnc(-c2cccc(Cl)c2)o1)N(C)Cc1ccc(Cl)s1. The highest BCUT2D eigenvalue weighted by Crippen LogP contribution is 2.28. The van der Waals surface area contributed by atoms with Crippen molar-refractivity contribution in [3.05, 3.63) is 56.5 Å². The zero-order valence-electron chi connectivity index (χ0n) is 12.7. The van der Waals surface area contributed by atoms with Gasteiger partial charge in [-0.2, -0.15) is 0 Å². The minimum atomic E-state index is -0.00342. The van der Waals surface area contributed by atoms with Gasteiger partial charge in [-0.25, -0.2) is 0 Å². The van der Waals surface area contributed by atoms with Crippen LogP contribution >= 0.6 is 34.5 Å². The van der Waals surface area contributed by atoms with Gasteiger partial charge < -0.3 is 4.42 Å². The van der Waals surface area contributed by atoms with Crippen LogP contribution in [0.25, 0.3) is 11.5 Å². The fraction of sp³-hybridized carbons (Fsp3) is 0.250. The molecule has 0 radical (unpaired) electrons. The van der Waals surface area contributed by atoms with Gasteiger partial charge in [0, 0.05) is 22.0 Å². The van der Waals surface area contributed by atoms with E-state index in [2.05, 4.69) is 15.1 Å². The maximum Gasteiger partial charge on any atom is 0.247 e. The van der Waals surface area contributed by atoms with E-state index >= 15 is 0 Å². The number of hydrogen-bond donors (Lipinski definition) is 0. The Morgan fingerprint density at radius 2 is 2.04 bits per heavy atom. The van der Waals surface area contributed by atoms with Crippen molar-refractivity contribution in [1.29, 1.82) is 0 Å². The van der Waals surface area contributed by atoms with E-state index < -0.39 is 0 Å². The summed E-state index contributed by atoms with van der Waals surface area (Å²) in [5.41, 5.74) is 0.816. The first-order valence-corrected chi connectivity index (χ1v) is 8.64. The lowest BCUT2D eigenvalue weighted by atomic mass is 10.2. The molecule has 2 heterocycles. The maximum absolute atomic E-state index is 6.00. The van der Waals surface area contributed by atoms with Gasteiger partial charge in [0.1, 0.15) is 0 Å². The molecule has 3 aromatic rings. The molecule has 0 saturated heterocycles. The van der Waals surface area contributed by atoms with Crippen molar-refractivity contribution in [2.75, 3.05) is 7.05 Å². The third-order valence-electron chi connectivity index (χ3n) is 3.56. The van der Waals surface area contributed by atoms with Crippen molar-refractivity contribution < 1.29 is 4.42 Å². The van der Waals surface area contributed by atoms with E-state index in [0.29, 0.717) is 16.8 Å². The largest absolute Gasteiger partial charge is 0.419 e. The summed E-state index contributed by atoms with van der Waals surface area (Å²) in [5.74, 6) is 1.05. The van der Waals surface area contributed by atoms with E-state index in [4.69, 9.17) is 27.6 Å². The molecule has 0 N–H and O–H groups in total. The van der Waals surface area contributed by atoms with Gasteiger partial charge in [-0.1, -0.05) is 29.3 Å². The Balaban J connectivity index is 1.74. The Bertz CT molecular complexity index is 802. The van der Waals surface area contributed by atoms with E-state index in [1.165, 1.54) is 4.88 Å². The highest BCUT2D eigenvalue weighted by atomic mass is 35.5. The molecule has 1 atom stereocenters. The monoisotopic (exact) mass is 367 g/mol. The first kappa shape index (κ1) is 16.5. The molecule has 0 saturated carbocycles. The van der Waals surface area contributed by atoms with E-state index in [9.17, 15) is 0 Å². The standard InChI is InChI=1S/C16H15Cl2N3OS/c1-10(21(2)9-13-6-7-14(18)23-13)15-19-20-16(22-15)11-4-3-5-12(17)8-11/h3-8,10H,9H2,1-2H3. The summed E-state index contributed by atoms with van der Waals surface area (Å²) in [6.07, 6.45) is 0. The first-order chi connectivity index (χ1) is 11.0. The third-order valence-corrected chi connectivity index (χ3v) is 5.02. The van der Waals surface area contributed by atoms with Crippen LogP contribution < -0.4 is 0 Å². The van der Waals surface area contributed by atoms with Crippen LogP contribution in [0.1, 0.15) is 23.7 Å². The predicted molar refractivity (Wildman–Crippen MR) is 94.0 cm³/mol. The molecule has 0 aliphatic carbocycles. The molecule has 0 amide bonds. The summed E-state index contributed by atoms with van der Waals surface area (Å²) >= 11 is 13.5. The summed E-state index contributed by atoms with van der Waals surface area (Å²) in [5, 5.41) is 8.93. The highest BCUT2D eigenvalue weighted by Gasteiger charge is 2.19. The number of rotatable bonds is 5. The van der Waals surface area contributed by atoms with Crippen LogP contribution in [0.5, 0.6) is 0 Å². The molecule has 120 valence electrons. The van der Waals surface area contributed by atoms with Crippen LogP contribution in [-0.4, -0.2) is 22.1 Å². The van der Waals surface area contributed by atoms with Crippen molar-refractivity contribution in [3.63, 3.8) is 0 Å². The van der Waals surface area contributed by atoms with Crippen LogP contribution in [0.15, 0.2) is 40.8 Å². The highest BCUT2D eigenvalue weighted by molar-refractivity contribution is 7.16. The number of aromatic nitrogens is 2. The van der Waals surface area contributed by atoms with Gasteiger partial charge in [0.25, 0.3) is 0 Å². The topological polar surface area (TPSA) is 42.2 Å². The summed E-state index contributed by atoms with van der Waals surface area (Å²) in [6.45, 7) is 2.80. The van der Waals surface area contributed by atoms with Gasteiger partial charge >= 0.3 is 0 Å². The summed E-state index contributed by atoms with van der Waals surface area (Å²) < 4.78 is 6.60. The third kappa shape index (κ3) is 3.93. The van der Waals surface area contributed by atoms with Gasteiger partial charge in [-0.3, -0.25) is 4.90 Å². The van der Waals surface area contributed by atoms with Crippen molar-refractivity contribution in [3.8, 4) is 11.5 Å². The first-order valence-electron chi connectivity index (χ1n) is 7.06. The smallest absolute Gasteiger partial charge is 0.247 e. The fourth-order valence-corrected chi connectivity index (χ4v) is 3.49. The molecule has 1 unspecified atom stereocenters. The lowest BCUT2D eigenvalue weighted by Crippen LogP contribution is -2.21. The molecule has 7 heteroatoms. The molecular formula is C16H15Cl2N3OS. The van der Waals surface area contributed by atoms with Crippen molar-refractivity contribution in [2.24, 2.45) is 0 Å². The molecule has 23 heavy (non-hydrogen) atoms.